The average Bonchev–Trinajstić information content (AvgIpc) is 2.88. The Morgan fingerprint density at radius 3 is 2.44 bits per heavy atom. The van der Waals surface area contributed by atoms with E-state index in [1.54, 1.807) is 4.90 Å². The second kappa shape index (κ2) is 6.84. The molecular weight excluding hydrogens is 322 g/mol. The molecule has 3 rings (SSSR count). The third-order valence-corrected chi connectivity index (χ3v) is 4.91. The number of hydrogen-bond acceptors (Lipinski definition) is 4. The van der Waals surface area contributed by atoms with Gasteiger partial charge < -0.3 is 15.0 Å². The number of nitrogens with zero attached hydrogens (tertiary/aromatic N) is 2. The molecule has 25 heavy (non-hydrogen) atoms. The lowest BCUT2D eigenvalue weighted by Crippen LogP contribution is -2.48. The van der Waals surface area contributed by atoms with E-state index in [2.05, 4.69) is 5.32 Å². The van der Waals surface area contributed by atoms with Gasteiger partial charge in [-0.25, -0.2) is 4.79 Å². The standard InChI is InChI=1S/C18H23N3O4/c1-3-18(14-6-4-13(2)5-7-14)16(23)21(17(24)19-18)12-15(22)20-8-10-25-11-9-20/h4-7H,3,8-12H2,1-2H3,(H,19,24). The van der Waals surface area contributed by atoms with E-state index in [1.807, 2.05) is 38.1 Å². The number of carbonyl (C=O) groups is 3. The molecule has 7 nitrogen and oxygen atoms in total. The van der Waals surface area contributed by atoms with Crippen molar-refractivity contribution < 1.29 is 19.1 Å². The van der Waals surface area contributed by atoms with Gasteiger partial charge in [-0.1, -0.05) is 36.8 Å². The molecule has 1 unspecified atom stereocenters. The van der Waals surface area contributed by atoms with Crippen LogP contribution in [0, 0.1) is 6.92 Å². The molecule has 2 heterocycles. The number of aryl methyl sites for hydroxylation is 1. The first kappa shape index (κ1) is 17.4. The quantitative estimate of drug-likeness (QED) is 0.826. The van der Waals surface area contributed by atoms with Crippen LogP contribution in [0.25, 0.3) is 0 Å². The lowest BCUT2D eigenvalue weighted by molar-refractivity contribution is -0.141. The van der Waals surface area contributed by atoms with Crippen molar-refractivity contribution in [2.45, 2.75) is 25.8 Å². The first-order chi connectivity index (χ1) is 12.0. The Bertz CT molecular complexity index is 682. The Morgan fingerprint density at radius 1 is 1.20 bits per heavy atom. The van der Waals surface area contributed by atoms with E-state index in [-0.39, 0.29) is 18.4 Å². The van der Waals surface area contributed by atoms with E-state index < -0.39 is 11.6 Å². The van der Waals surface area contributed by atoms with Gasteiger partial charge in [0.1, 0.15) is 12.1 Å². The van der Waals surface area contributed by atoms with E-state index in [0.717, 1.165) is 16.0 Å². The summed E-state index contributed by atoms with van der Waals surface area (Å²) < 4.78 is 5.23. The Kier molecular flexibility index (Phi) is 4.76. The van der Waals surface area contributed by atoms with Crippen molar-refractivity contribution in [1.82, 2.24) is 15.1 Å². The molecule has 2 aliphatic rings. The predicted octanol–water partition coefficient (Wildman–Crippen LogP) is 1.01. The summed E-state index contributed by atoms with van der Waals surface area (Å²) in [4.78, 5) is 40.5. The highest BCUT2D eigenvalue weighted by Crippen LogP contribution is 2.32. The Labute approximate surface area is 146 Å². The van der Waals surface area contributed by atoms with E-state index in [0.29, 0.717) is 32.7 Å². The predicted molar refractivity (Wildman–Crippen MR) is 90.8 cm³/mol. The highest BCUT2D eigenvalue weighted by Gasteiger charge is 2.51. The summed E-state index contributed by atoms with van der Waals surface area (Å²) in [6.45, 7) is 5.51. The molecule has 4 amide bonds. The highest BCUT2D eigenvalue weighted by molar-refractivity contribution is 6.09. The lowest BCUT2D eigenvalue weighted by Gasteiger charge is -2.29. The minimum Gasteiger partial charge on any atom is -0.378 e. The molecule has 2 aliphatic heterocycles. The minimum atomic E-state index is -1.10. The van der Waals surface area contributed by atoms with Crippen molar-refractivity contribution in [3.63, 3.8) is 0 Å². The lowest BCUT2D eigenvalue weighted by atomic mass is 9.87. The maximum Gasteiger partial charge on any atom is 0.325 e. The van der Waals surface area contributed by atoms with Gasteiger partial charge in [0.2, 0.25) is 5.91 Å². The summed E-state index contributed by atoms with van der Waals surface area (Å²) in [5, 5.41) is 2.80. The third kappa shape index (κ3) is 3.11. The van der Waals surface area contributed by atoms with E-state index in [9.17, 15) is 14.4 Å². The minimum absolute atomic E-state index is 0.234. The number of hydrogen-bond donors (Lipinski definition) is 1. The fourth-order valence-corrected chi connectivity index (χ4v) is 3.30. The molecule has 2 fully saturated rings. The van der Waals surface area contributed by atoms with Crippen LogP contribution >= 0.6 is 0 Å². The van der Waals surface area contributed by atoms with E-state index >= 15 is 0 Å². The van der Waals surface area contributed by atoms with Gasteiger partial charge in [0.15, 0.2) is 0 Å². The van der Waals surface area contributed by atoms with Crippen LogP contribution in [0.4, 0.5) is 4.79 Å². The number of imide groups is 1. The van der Waals surface area contributed by atoms with Gasteiger partial charge in [0, 0.05) is 13.1 Å². The highest BCUT2D eigenvalue weighted by atomic mass is 16.5. The van der Waals surface area contributed by atoms with Crippen LogP contribution in [-0.4, -0.2) is 60.5 Å². The van der Waals surface area contributed by atoms with Crippen molar-refractivity contribution in [3.8, 4) is 0 Å². The number of rotatable bonds is 4. The molecule has 1 aromatic rings. The van der Waals surface area contributed by atoms with Crippen molar-refractivity contribution in [2.24, 2.45) is 0 Å². The monoisotopic (exact) mass is 345 g/mol. The van der Waals surface area contributed by atoms with Crippen LogP contribution in [-0.2, 0) is 19.9 Å². The number of ether oxygens (including phenoxy) is 1. The van der Waals surface area contributed by atoms with Crippen molar-refractivity contribution >= 4 is 17.8 Å². The van der Waals surface area contributed by atoms with Crippen LogP contribution < -0.4 is 5.32 Å². The Balaban J connectivity index is 1.80. The van der Waals surface area contributed by atoms with Gasteiger partial charge in [0.05, 0.1) is 13.2 Å². The van der Waals surface area contributed by atoms with Crippen molar-refractivity contribution in [3.05, 3.63) is 35.4 Å². The molecule has 7 heteroatoms. The second-order valence-corrected chi connectivity index (χ2v) is 6.44. The van der Waals surface area contributed by atoms with Crippen LogP contribution in [0.2, 0.25) is 0 Å². The first-order valence-electron chi connectivity index (χ1n) is 8.54. The first-order valence-corrected chi connectivity index (χ1v) is 8.54. The van der Waals surface area contributed by atoms with Crippen LogP contribution in [0.15, 0.2) is 24.3 Å². The van der Waals surface area contributed by atoms with Gasteiger partial charge in [-0.2, -0.15) is 0 Å². The average molecular weight is 345 g/mol. The molecule has 0 aromatic heterocycles. The van der Waals surface area contributed by atoms with Crippen LogP contribution in [0.5, 0.6) is 0 Å². The second-order valence-electron chi connectivity index (χ2n) is 6.44. The summed E-state index contributed by atoms with van der Waals surface area (Å²) in [7, 11) is 0. The fourth-order valence-electron chi connectivity index (χ4n) is 3.30. The van der Waals surface area contributed by atoms with Gasteiger partial charge in [-0.15, -0.1) is 0 Å². The summed E-state index contributed by atoms with van der Waals surface area (Å²) >= 11 is 0. The summed E-state index contributed by atoms with van der Waals surface area (Å²) in [6.07, 6.45) is 0.420. The van der Waals surface area contributed by atoms with Gasteiger partial charge >= 0.3 is 6.03 Å². The number of urea groups is 1. The van der Waals surface area contributed by atoms with Gasteiger partial charge in [-0.05, 0) is 18.9 Å². The Morgan fingerprint density at radius 2 is 1.84 bits per heavy atom. The molecule has 0 saturated carbocycles. The third-order valence-electron chi connectivity index (χ3n) is 4.91. The molecule has 1 atom stereocenters. The molecule has 0 radical (unpaired) electrons. The van der Waals surface area contributed by atoms with E-state index in [1.165, 1.54) is 0 Å². The maximum absolute atomic E-state index is 13.0. The molecule has 1 N–H and O–H groups in total. The normalized spacial score (nSPS) is 23.8. The molecule has 0 aliphatic carbocycles. The van der Waals surface area contributed by atoms with E-state index in [4.69, 9.17) is 4.74 Å². The van der Waals surface area contributed by atoms with Gasteiger partial charge in [-0.3, -0.25) is 14.5 Å². The molecule has 0 bridgehead atoms. The topological polar surface area (TPSA) is 79.0 Å². The molecule has 134 valence electrons. The maximum atomic E-state index is 13.0. The number of benzene rings is 1. The zero-order valence-corrected chi connectivity index (χ0v) is 14.6. The zero-order chi connectivity index (χ0) is 18.0. The SMILES string of the molecule is CCC1(c2ccc(C)cc2)NC(=O)N(CC(=O)N2CCOCC2)C1=O. The van der Waals surface area contributed by atoms with Crippen molar-refractivity contribution in [2.75, 3.05) is 32.8 Å². The number of morpholine rings is 1. The summed E-state index contributed by atoms with van der Waals surface area (Å²) in [5.41, 5.74) is 0.710. The molecule has 0 spiro atoms. The number of amides is 4. The smallest absolute Gasteiger partial charge is 0.325 e. The largest absolute Gasteiger partial charge is 0.378 e. The molecule has 2 saturated heterocycles. The number of carbonyl (C=O) groups excluding carboxylic acids is 3. The number of nitrogens with one attached hydrogen (secondary N) is 1. The Hall–Kier alpha value is -2.41. The summed E-state index contributed by atoms with van der Waals surface area (Å²) in [6, 6.07) is 7.00. The fraction of sp³-hybridized carbons (Fsp3) is 0.500. The van der Waals surface area contributed by atoms with Crippen molar-refractivity contribution in [1.29, 1.82) is 0 Å². The summed E-state index contributed by atoms with van der Waals surface area (Å²) in [5.74, 6) is -0.604. The van der Waals surface area contributed by atoms with Crippen LogP contribution in [0.3, 0.4) is 0 Å². The zero-order valence-electron chi connectivity index (χ0n) is 14.6. The van der Waals surface area contributed by atoms with Crippen LogP contribution in [0.1, 0.15) is 24.5 Å². The molecule has 1 aromatic carbocycles. The van der Waals surface area contributed by atoms with Gasteiger partial charge in [0.25, 0.3) is 5.91 Å². The molecular formula is C18H23N3O4.